The van der Waals surface area contributed by atoms with Gasteiger partial charge >= 0.3 is 35.5 Å². The van der Waals surface area contributed by atoms with E-state index in [9.17, 15) is 14.7 Å². The van der Waals surface area contributed by atoms with Gasteiger partial charge in [0.2, 0.25) is 0 Å². The third-order valence-corrected chi connectivity index (χ3v) is 2.80. The second-order valence-electron chi connectivity index (χ2n) is 2.88. The number of carbonyl (C=O) groups is 2. The van der Waals surface area contributed by atoms with Gasteiger partial charge in [-0.2, -0.15) is 0 Å². The van der Waals surface area contributed by atoms with Gasteiger partial charge in [0.1, 0.15) is 0 Å². The van der Waals surface area contributed by atoms with Crippen LogP contribution in [-0.2, 0) is 9.53 Å². The molecule has 17 heavy (non-hydrogen) atoms. The molecular weight excluding hydrogens is 251 g/mol. The van der Waals surface area contributed by atoms with Gasteiger partial charge in [-0.3, -0.25) is 4.79 Å². The minimum absolute atomic E-state index is 0. The van der Waals surface area contributed by atoms with Crippen LogP contribution in [0.25, 0.3) is 0 Å². The van der Waals surface area contributed by atoms with Gasteiger partial charge in [0.05, 0.1) is 18.3 Å². The molecule has 6 heteroatoms. The molecular formula is C11H11NaO4S. The Hall–Kier alpha value is -0.490. The minimum atomic E-state index is -1.24. The third kappa shape index (κ3) is 5.59. The van der Waals surface area contributed by atoms with E-state index in [1.54, 1.807) is 25.1 Å². The van der Waals surface area contributed by atoms with Crippen LogP contribution in [0.4, 0.5) is 0 Å². The van der Waals surface area contributed by atoms with E-state index in [2.05, 4.69) is 0 Å². The van der Waals surface area contributed by atoms with E-state index in [0.29, 0.717) is 11.5 Å². The predicted molar refractivity (Wildman–Crippen MR) is 58.1 cm³/mol. The van der Waals surface area contributed by atoms with E-state index >= 15 is 0 Å². The van der Waals surface area contributed by atoms with Crippen molar-refractivity contribution in [2.24, 2.45) is 0 Å². The molecule has 0 aliphatic carbocycles. The summed E-state index contributed by atoms with van der Waals surface area (Å²) < 4.78 is 4.74. The largest absolute Gasteiger partial charge is 1.00 e. The minimum Gasteiger partial charge on any atom is -0.545 e. The SMILES string of the molecule is CCOC(=O)CSc1ccccc1C(=O)[O-].[Na+]. The number of hydrogen-bond donors (Lipinski definition) is 0. The number of aromatic carboxylic acids is 1. The Labute approximate surface area is 126 Å². The number of benzene rings is 1. The molecule has 0 fully saturated rings. The first kappa shape index (κ1) is 16.5. The zero-order valence-corrected chi connectivity index (χ0v) is 12.6. The Morgan fingerprint density at radius 2 is 2.00 bits per heavy atom. The molecule has 0 spiro atoms. The molecule has 0 radical (unpaired) electrons. The first-order chi connectivity index (χ1) is 7.65. The van der Waals surface area contributed by atoms with Crippen LogP contribution in [0.1, 0.15) is 17.3 Å². The van der Waals surface area contributed by atoms with Crippen LogP contribution >= 0.6 is 11.8 Å². The van der Waals surface area contributed by atoms with Crippen molar-refractivity contribution in [3.63, 3.8) is 0 Å². The maximum absolute atomic E-state index is 11.1. The summed E-state index contributed by atoms with van der Waals surface area (Å²) >= 11 is 1.13. The van der Waals surface area contributed by atoms with Crippen LogP contribution in [0.5, 0.6) is 0 Å². The fourth-order valence-electron chi connectivity index (χ4n) is 1.10. The molecule has 86 valence electrons. The maximum atomic E-state index is 11.1. The third-order valence-electron chi connectivity index (χ3n) is 1.76. The number of thioether (sulfide) groups is 1. The van der Waals surface area contributed by atoms with E-state index < -0.39 is 5.97 Å². The van der Waals surface area contributed by atoms with Gasteiger partial charge in [-0.15, -0.1) is 11.8 Å². The molecule has 0 amide bonds. The van der Waals surface area contributed by atoms with Crippen LogP contribution < -0.4 is 34.7 Å². The predicted octanol–water partition coefficient (Wildman–Crippen LogP) is -2.29. The second-order valence-corrected chi connectivity index (χ2v) is 3.89. The number of carbonyl (C=O) groups excluding carboxylic acids is 2. The molecule has 1 aromatic carbocycles. The number of ether oxygens (including phenoxy) is 1. The summed E-state index contributed by atoms with van der Waals surface area (Å²) in [5, 5.41) is 10.8. The molecule has 1 aromatic rings. The number of rotatable bonds is 5. The standard InChI is InChI=1S/C11H12O4S.Na/c1-2-15-10(12)7-16-9-6-4-3-5-8(9)11(13)14;/h3-6H,2,7H2,1H3,(H,13,14);/q;+1/p-1. The van der Waals surface area contributed by atoms with Gasteiger partial charge in [0, 0.05) is 10.5 Å². The normalized spacial score (nSPS) is 9.24. The second kappa shape index (κ2) is 8.58. The van der Waals surface area contributed by atoms with Crippen molar-refractivity contribution in [3.8, 4) is 0 Å². The molecule has 0 aliphatic rings. The van der Waals surface area contributed by atoms with Crippen molar-refractivity contribution in [2.45, 2.75) is 11.8 Å². The van der Waals surface area contributed by atoms with Gasteiger partial charge in [0.25, 0.3) is 0 Å². The van der Waals surface area contributed by atoms with E-state index in [1.165, 1.54) is 6.07 Å². The first-order valence-corrected chi connectivity index (χ1v) is 5.72. The Kier molecular flexibility index (Phi) is 8.33. The molecule has 0 saturated carbocycles. The van der Waals surface area contributed by atoms with Crippen molar-refractivity contribution in [2.75, 3.05) is 12.4 Å². The zero-order chi connectivity index (χ0) is 12.0. The van der Waals surface area contributed by atoms with Crippen molar-refractivity contribution in [1.29, 1.82) is 0 Å². The van der Waals surface area contributed by atoms with Gasteiger partial charge in [-0.25, -0.2) is 0 Å². The van der Waals surface area contributed by atoms with E-state index in [1.807, 2.05) is 0 Å². The number of esters is 1. The van der Waals surface area contributed by atoms with Crippen LogP contribution in [0, 0.1) is 0 Å². The summed E-state index contributed by atoms with van der Waals surface area (Å²) in [6.45, 7) is 2.04. The number of hydrogen-bond acceptors (Lipinski definition) is 5. The maximum Gasteiger partial charge on any atom is 1.00 e. The van der Waals surface area contributed by atoms with Crippen LogP contribution in [0.15, 0.2) is 29.2 Å². The fraction of sp³-hybridized carbons (Fsp3) is 0.273. The summed E-state index contributed by atoms with van der Waals surface area (Å²) in [6, 6.07) is 6.40. The molecule has 1 rings (SSSR count). The van der Waals surface area contributed by atoms with Crippen LogP contribution in [-0.4, -0.2) is 24.3 Å². The number of carboxylic acids is 1. The van der Waals surface area contributed by atoms with Crippen LogP contribution in [0.2, 0.25) is 0 Å². The Morgan fingerprint density at radius 3 is 2.59 bits per heavy atom. The molecule has 0 N–H and O–H groups in total. The van der Waals surface area contributed by atoms with Crippen molar-refractivity contribution in [1.82, 2.24) is 0 Å². The number of carboxylic acid groups (broad SMARTS) is 1. The summed E-state index contributed by atoms with van der Waals surface area (Å²) in [5.41, 5.74) is 0.0943. The summed E-state index contributed by atoms with van der Waals surface area (Å²) in [7, 11) is 0. The smallest absolute Gasteiger partial charge is 0.545 e. The Morgan fingerprint density at radius 1 is 1.35 bits per heavy atom. The average Bonchev–Trinajstić information content (AvgIpc) is 2.27. The van der Waals surface area contributed by atoms with Crippen molar-refractivity contribution >= 4 is 23.7 Å². The molecule has 0 atom stereocenters. The van der Waals surface area contributed by atoms with Crippen molar-refractivity contribution in [3.05, 3.63) is 29.8 Å². The van der Waals surface area contributed by atoms with E-state index in [4.69, 9.17) is 4.74 Å². The topological polar surface area (TPSA) is 66.4 Å². The molecule has 0 saturated heterocycles. The molecule has 0 aromatic heterocycles. The molecule has 4 nitrogen and oxygen atoms in total. The molecule has 0 unspecified atom stereocenters. The zero-order valence-electron chi connectivity index (χ0n) is 9.76. The van der Waals surface area contributed by atoms with E-state index in [0.717, 1.165) is 11.8 Å². The molecule has 0 bridgehead atoms. The quantitative estimate of drug-likeness (QED) is 0.339. The van der Waals surface area contributed by atoms with Crippen molar-refractivity contribution < 1.29 is 49.0 Å². The Bertz CT molecular complexity index is 395. The molecule has 0 aliphatic heterocycles. The molecule has 0 heterocycles. The summed E-state index contributed by atoms with van der Waals surface area (Å²) in [6.07, 6.45) is 0. The van der Waals surface area contributed by atoms with Gasteiger partial charge < -0.3 is 14.6 Å². The van der Waals surface area contributed by atoms with Gasteiger partial charge in [0.15, 0.2) is 0 Å². The van der Waals surface area contributed by atoms with Gasteiger partial charge in [-0.05, 0) is 13.0 Å². The summed E-state index contributed by atoms with van der Waals surface area (Å²) in [5.74, 6) is -1.51. The monoisotopic (exact) mass is 262 g/mol. The summed E-state index contributed by atoms with van der Waals surface area (Å²) in [4.78, 5) is 22.4. The Balaban J connectivity index is 0.00000256. The fourth-order valence-corrected chi connectivity index (χ4v) is 1.94. The van der Waals surface area contributed by atoms with E-state index in [-0.39, 0.29) is 46.8 Å². The first-order valence-electron chi connectivity index (χ1n) is 4.74. The van der Waals surface area contributed by atoms with Crippen LogP contribution in [0.3, 0.4) is 0 Å². The average molecular weight is 262 g/mol. The van der Waals surface area contributed by atoms with Gasteiger partial charge in [-0.1, -0.05) is 18.2 Å².